The van der Waals surface area contributed by atoms with Crippen molar-refractivity contribution < 1.29 is 4.79 Å². The molecule has 0 fully saturated rings. The smallest absolute Gasteiger partial charge is 0.272 e. The van der Waals surface area contributed by atoms with Gasteiger partial charge in [0.25, 0.3) is 5.91 Å². The van der Waals surface area contributed by atoms with Crippen molar-refractivity contribution in [3.63, 3.8) is 0 Å². The van der Waals surface area contributed by atoms with Crippen LogP contribution in [0.1, 0.15) is 35.7 Å². The molecule has 122 valence electrons. The van der Waals surface area contributed by atoms with Gasteiger partial charge in [0.15, 0.2) is 0 Å². The van der Waals surface area contributed by atoms with E-state index >= 15 is 0 Å². The third-order valence-corrected chi connectivity index (χ3v) is 4.41. The standard InChI is InChI=1S/C17H21BrN4O/c1-5-22(6-2)17(23)15-10-16(20-12(4)19-15)21-13-8-7-11(3)14(18)9-13/h7-10H,5-6H2,1-4H3,(H,19,20,21). The summed E-state index contributed by atoms with van der Waals surface area (Å²) >= 11 is 3.52. The van der Waals surface area contributed by atoms with Gasteiger partial charge in [0.2, 0.25) is 0 Å². The van der Waals surface area contributed by atoms with Gasteiger partial charge in [-0.1, -0.05) is 22.0 Å². The number of carbonyl (C=O) groups is 1. The molecule has 0 saturated heterocycles. The normalized spacial score (nSPS) is 10.5. The molecule has 0 aliphatic heterocycles. The second-order valence-corrected chi connectivity index (χ2v) is 6.11. The van der Waals surface area contributed by atoms with E-state index in [4.69, 9.17) is 0 Å². The molecular formula is C17H21BrN4O. The van der Waals surface area contributed by atoms with Crippen molar-refractivity contribution >= 4 is 33.3 Å². The largest absolute Gasteiger partial charge is 0.340 e. The number of nitrogens with zero attached hydrogens (tertiary/aromatic N) is 3. The number of hydrogen-bond acceptors (Lipinski definition) is 4. The van der Waals surface area contributed by atoms with E-state index in [9.17, 15) is 4.79 Å². The van der Waals surface area contributed by atoms with Crippen LogP contribution in [0.3, 0.4) is 0 Å². The molecule has 5 nitrogen and oxygen atoms in total. The molecular weight excluding hydrogens is 356 g/mol. The Morgan fingerprint density at radius 2 is 1.87 bits per heavy atom. The van der Waals surface area contributed by atoms with Gasteiger partial charge in [-0.25, -0.2) is 9.97 Å². The minimum Gasteiger partial charge on any atom is -0.340 e. The molecule has 1 amide bonds. The van der Waals surface area contributed by atoms with E-state index in [1.54, 1.807) is 17.9 Å². The van der Waals surface area contributed by atoms with Gasteiger partial charge in [-0.15, -0.1) is 0 Å². The fourth-order valence-corrected chi connectivity index (χ4v) is 2.61. The SMILES string of the molecule is CCN(CC)C(=O)c1cc(Nc2ccc(C)c(Br)c2)nc(C)n1. The zero-order valence-electron chi connectivity index (χ0n) is 13.9. The average Bonchev–Trinajstić information content (AvgIpc) is 2.51. The third-order valence-electron chi connectivity index (χ3n) is 3.55. The van der Waals surface area contributed by atoms with Crippen molar-refractivity contribution in [1.29, 1.82) is 0 Å². The van der Waals surface area contributed by atoms with Crippen LogP contribution in [0.5, 0.6) is 0 Å². The second-order valence-electron chi connectivity index (χ2n) is 5.25. The summed E-state index contributed by atoms with van der Waals surface area (Å²) in [4.78, 5) is 22.8. The lowest BCUT2D eigenvalue weighted by atomic mass is 10.2. The van der Waals surface area contributed by atoms with Gasteiger partial charge in [-0.05, 0) is 45.4 Å². The second kappa shape index (κ2) is 7.55. The zero-order valence-corrected chi connectivity index (χ0v) is 15.4. The minimum atomic E-state index is -0.0753. The number of rotatable bonds is 5. The molecule has 1 aromatic heterocycles. The van der Waals surface area contributed by atoms with Crippen LogP contribution < -0.4 is 5.32 Å². The van der Waals surface area contributed by atoms with E-state index in [-0.39, 0.29) is 5.91 Å². The van der Waals surface area contributed by atoms with Crippen molar-refractivity contribution in [1.82, 2.24) is 14.9 Å². The lowest BCUT2D eigenvalue weighted by Gasteiger charge is -2.18. The molecule has 0 unspecified atom stereocenters. The first-order valence-corrected chi connectivity index (χ1v) is 8.42. The Hall–Kier alpha value is -1.95. The molecule has 0 radical (unpaired) electrons. The van der Waals surface area contributed by atoms with Crippen molar-refractivity contribution in [2.75, 3.05) is 18.4 Å². The maximum atomic E-state index is 12.5. The van der Waals surface area contributed by atoms with Crippen LogP contribution in [-0.2, 0) is 0 Å². The van der Waals surface area contributed by atoms with Crippen molar-refractivity contribution in [3.05, 3.63) is 45.8 Å². The van der Waals surface area contributed by atoms with Gasteiger partial charge in [0, 0.05) is 29.3 Å². The number of aryl methyl sites for hydroxylation is 2. The molecule has 0 aliphatic rings. The monoisotopic (exact) mass is 376 g/mol. The summed E-state index contributed by atoms with van der Waals surface area (Å²) in [5, 5.41) is 3.23. The Balaban J connectivity index is 2.29. The Bertz CT molecular complexity index is 714. The number of carbonyl (C=O) groups excluding carboxylic acids is 1. The number of amides is 1. The van der Waals surface area contributed by atoms with Gasteiger partial charge < -0.3 is 10.2 Å². The summed E-state index contributed by atoms with van der Waals surface area (Å²) < 4.78 is 1.02. The van der Waals surface area contributed by atoms with Gasteiger partial charge in [0.05, 0.1) is 0 Å². The van der Waals surface area contributed by atoms with Crippen LogP contribution in [0.25, 0.3) is 0 Å². The number of benzene rings is 1. The highest BCUT2D eigenvalue weighted by molar-refractivity contribution is 9.10. The predicted molar refractivity (Wildman–Crippen MR) is 96.2 cm³/mol. The minimum absolute atomic E-state index is 0.0753. The molecule has 0 spiro atoms. The highest BCUT2D eigenvalue weighted by Gasteiger charge is 2.16. The van der Waals surface area contributed by atoms with Crippen LogP contribution in [-0.4, -0.2) is 33.9 Å². The van der Waals surface area contributed by atoms with Crippen LogP contribution in [0.4, 0.5) is 11.5 Å². The zero-order chi connectivity index (χ0) is 17.0. The topological polar surface area (TPSA) is 58.1 Å². The van der Waals surface area contributed by atoms with E-state index in [0.29, 0.717) is 30.4 Å². The summed E-state index contributed by atoms with van der Waals surface area (Å²) in [5.41, 5.74) is 2.48. The van der Waals surface area contributed by atoms with Crippen LogP contribution in [0.15, 0.2) is 28.7 Å². The molecule has 2 rings (SSSR count). The first kappa shape index (κ1) is 17.4. The summed E-state index contributed by atoms with van der Waals surface area (Å²) in [5.74, 6) is 1.11. The quantitative estimate of drug-likeness (QED) is 0.853. The highest BCUT2D eigenvalue weighted by Crippen LogP contribution is 2.23. The van der Waals surface area contributed by atoms with Crippen LogP contribution in [0.2, 0.25) is 0 Å². The molecule has 6 heteroatoms. The average molecular weight is 377 g/mol. The van der Waals surface area contributed by atoms with E-state index in [1.807, 2.05) is 39.0 Å². The van der Waals surface area contributed by atoms with E-state index in [1.165, 1.54) is 0 Å². The number of nitrogens with one attached hydrogen (secondary N) is 1. The first-order chi connectivity index (χ1) is 10.9. The molecule has 0 atom stereocenters. The first-order valence-electron chi connectivity index (χ1n) is 7.62. The van der Waals surface area contributed by atoms with Crippen LogP contribution in [0, 0.1) is 13.8 Å². The maximum Gasteiger partial charge on any atom is 0.272 e. The molecule has 1 N–H and O–H groups in total. The summed E-state index contributed by atoms with van der Waals surface area (Å²) in [7, 11) is 0. The Morgan fingerprint density at radius 1 is 1.17 bits per heavy atom. The molecule has 1 aromatic carbocycles. The summed E-state index contributed by atoms with van der Waals surface area (Å²) in [6.45, 7) is 9.05. The summed E-state index contributed by atoms with van der Waals surface area (Å²) in [6, 6.07) is 7.67. The number of anilines is 2. The van der Waals surface area contributed by atoms with Gasteiger partial charge in [-0.3, -0.25) is 4.79 Å². The van der Waals surface area contributed by atoms with E-state index < -0.39 is 0 Å². The lowest BCUT2D eigenvalue weighted by Crippen LogP contribution is -2.31. The Kier molecular flexibility index (Phi) is 5.71. The maximum absolute atomic E-state index is 12.5. The lowest BCUT2D eigenvalue weighted by molar-refractivity contribution is 0.0766. The number of halogens is 1. The highest BCUT2D eigenvalue weighted by atomic mass is 79.9. The molecule has 0 aliphatic carbocycles. The third kappa shape index (κ3) is 4.28. The molecule has 2 aromatic rings. The molecule has 1 heterocycles. The van der Waals surface area contributed by atoms with Crippen LogP contribution >= 0.6 is 15.9 Å². The Morgan fingerprint density at radius 3 is 2.48 bits per heavy atom. The van der Waals surface area contributed by atoms with Gasteiger partial charge in [-0.2, -0.15) is 0 Å². The van der Waals surface area contributed by atoms with Crippen molar-refractivity contribution in [2.45, 2.75) is 27.7 Å². The van der Waals surface area contributed by atoms with Gasteiger partial charge in [0.1, 0.15) is 17.3 Å². The fourth-order valence-electron chi connectivity index (χ4n) is 2.23. The van der Waals surface area contributed by atoms with Crippen molar-refractivity contribution in [3.8, 4) is 0 Å². The van der Waals surface area contributed by atoms with Crippen molar-refractivity contribution in [2.24, 2.45) is 0 Å². The summed E-state index contributed by atoms with van der Waals surface area (Å²) in [6.07, 6.45) is 0. The van der Waals surface area contributed by atoms with E-state index in [2.05, 4.69) is 31.2 Å². The molecule has 0 bridgehead atoms. The number of aromatic nitrogens is 2. The molecule has 0 saturated carbocycles. The fraction of sp³-hybridized carbons (Fsp3) is 0.353. The van der Waals surface area contributed by atoms with Gasteiger partial charge >= 0.3 is 0 Å². The molecule has 23 heavy (non-hydrogen) atoms. The predicted octanol–water partition coefficient (Wildman–Crippen LogP) is 4.08. The number of hydrogen-bond donors (Lipinski definition) is 1. The Labute approximate surface area is 145 Å². The van der Waals surface area contributed by atoms with E-state index in [0.717, 1.165) is 15.7 Å².